The highest BCUT2D eigenvalue weighted by Gasteiger charge is 2.14. The lowest BCUT2D eigenvalue weighted by molar-refractivity contribution is -0.122. The molecule has 0 bridgehead atoms. The van der Waals surface area contributed by atoms with E-state index in [0.717, 1.165) is 32.2 Å². The number of carbonyl (C=O) groups is 1. The fourth-order valence-electron chi connectivity index (χ4n) is 5.36. The minimum atomic E-state index is -0.0747. The molecule has 0 aliphatic carbocycles. The van der Waals surface area contributed by atoms with Gasteiger partial charge < -0.3 is 11.1 Å². The van der Waals surface area contributed by atoms with Crippen molar-refractivity contribution in [3.63, 3.8) is 0 Å². The molecule has 0 aromatic rings. The molecular weight excluding hydrogens is 428 g/mol. The van der Waals surface area contributed by atoms with E-state index in [-0.39, 0.29) is 11.8 Å². The van der Waals surface area contributed by atoms with E-state index in [9.17, 15) is 4.79 Å². The molecule has 204 valence electrons. The second-order valence-electron chi connectivity index (χ2n) is 11.1. The summed E-state index contributed by atoms with van der Waals surface area (Å²) < 4.78 is 0. The van der Waals surface area contributed by atoms with Gasteiger partial charge in [0.15, 0.2) is 0 Å². The first kappa shape index (κ1) is 31.9. The van der Waals surface area contributed by atoms with Crippen molar-refractivity contribution in [3.05, 3.63) is 0 Å². The Bertz CT molecular complexity index is 521. The molecule has 1 amide bonds. The summed E-state index contributed by atoms with van der Waals surface area (Å²) in [5.74, 6) is 3.32. The van der Waals surface area contributed by atoms with Gasteiger partial charge in [-0.05, 0) is 25.7 Å². The Morgan fingerprint density at radius 1 is 0.514 bits per heavy atom. The summed E-state index contributed by atoms with van der Waals surface area (Å²) in [5.41, 5.74) is 5.68. The minimum absolute atomic E-state index is 0.0747. The lowest BCUT2D eigenvalue weighted by Crippen LogP contribution is -2.23. The molecule has 3 N–H and O–H groups in total. The van der Waals surface area contributed by atoms with Gasteiger partial charge in [0, 0.05) is 24.9 Å². The van der Waals surface area contributed by atoms with Crippen molar-refractivity contribution in [2.45, 2.75) is 173 Å². The van der Waals surface area contributed by atoms with Crippen molar-refractivity contribution < 1.29 is 4.79 Å². The fraction of sp³-hybridized carbons (Fsp3) is 0.906. The number of nitrogens with one attached hydrogen (secondary N) is 1. The lowest BCUT2D eigenvalue weighted by atomic mass is 9.93. The van der Waals surface area contributed by atoms with Gasteiger partial charge in [-0.2, -0.15) is 0 Å². The first-order valence-corrected chi connectivity index (χ1v) is 15.8. The van der Waals surface area contributed by atoms with Crippen LogP contribution < -0.4 is 11.1 Å². The monoisotopic (exact) mass is 488 g/mol. The first-order chi connectivity index (χ1) is 17.3. The van der Waals surface area contributed by atoms with Gasteiger partial charge in [0.1, 0.15) is 0 Å². The zero-order valence-electron chi connectivity index (χ0n) is 23.4. The molecule has 1 atom stereocenters. The van der Waals surface area contributed by atoms with Gasteiger partial charge >= 0.3 is 0 Å². The maximum absolute atomic E-state index is 11.8. The fourth-order valence-corrected chi connectivity index (χ4v) is 5.36. The molecule has 3 nitrogen and oxygen atoms in total. The summed E-state index contributed by atoms with van der Waals surface area (Å²) in [6.45, 7) is 1.01. The summed E-state index contributed by atoms with van der Waals surface area (Å²) in [4.78, 5) is 11.8. The van der Waals surface area contributed by atoms with Gasteiger partial charge in [0.2, 0.25) is 5.91 Å². The number of hydrogen-bond acceptors (Lipinski definition) is 2. The van der Waals surface area contributed by atoms with E-state index in [1.54, 1.807) is 0 Å². The van der Waals surface area contributed by atoms with Crippen LogP contribution in [0.3, 0.4) is 0 Å². The van der Waals surface area contributed by atoms with Crippen LogP contribution in [0, 0.1) is 17.9 Å². The Balaban J connectivity index is 2.20. The number of amides is 1. The molecule has 0 spiro atoms. The van der Waals surface area contributed by atoms with Gasteiger partial charge in [-0.3, -0.25) is 4.79 Å². The van der Waals surface area contributed by atoms with Gasteiger partial charge in [0.05, 0.1) is 0 Å². The van der Waals surface area contributed by atoms with E-state index >= 15 is 0 Å². The number of nitrogens with two attached hydrogens (primary N) is 1. The van der Waals surface area contributed by atoms with E-state index in [1.165, 1.54) is 148 Å². The number of rotatable bonds is 1. The molecule has 0 radical (unpaired) electrons. The summed E-state index contributed by atoms with van der Waals surface area (Å²) in [6, 6.07) is 3.14. The molecule has 1 rings (SSSR count). The standard InChI is InChI=1S/C32H60N2O/c33-32(35)31-27-23-19-15-13-11-9-7-5-3-1-2-4-6-8-10-12-14-17-21-25-29-34-30-26-22-18-16-20-24-28-31/h31,34H,1-24,26-28,30H2,(H2,33,35). The third-order valence-corrected chi connectivity index (χ3v) is 7.79. The molecule has 1 heterocycles. The summed E-state index contributed by atoms with van der Waals surface area (Å²) in [6.07, 6.45) is 35.2. The highest BCUT2D eigenvalue weighted by Crippen LogP contribution is 2.19. The SMILES string of the molecule is NC(=O)C1CCCCCCCCCCCCCCCCCCCCC#CNCCCCCCCC1. The Kier molecular flexibility index (Phi) is 23.6. The Labute approximate surface area is 219 Å². The molecule has 3 heteroatoms. The molecule has 1 aliphatic heterocycles. The Morgan fingerprint density at radius 3 is 1.26 bits per heavy atom. The van der Waals surface area contributed by atoms with Crippen LogP contribution in [0.25, 0.3) is 0 Å². The number of hydrogen-bond donors (Lipinski definition) is 2. The number of primary amides is 1. The van der Waals surface area contributed by atoms with E-state index in [4.69, 9.17) is 5.73 Å². The predicted molar refractivity (Wildman–Crippen MR) is 153 cm³/mol. The average Bonchev–Trinajstić information content (AvgIpc) is 2.85. The summed E-state index contributed by atoms with van der Waals surface area (Å²) >= 11 is 0. The van der Waals surface area contributed by atoms with Gasteiger partial charge in [-0.15, -0.1) is 0 Å². The third-order valence-electron chi connectivity index (χ3n) is 7.79. The smallest absolute Gasteiger partial charge is 0.220 e. The van der Waals surface area contributed by atoms with Crippen molar-refractivity contribution in [2.75, 3.05) is 6.54 Å². The van der Waals surface area contributed by atoms with Crippen LogP contribution in [0.2, 0.25) is 0 Å². The van der Waals surface area contributed by atoms with Crippen molar-refractivity contribution in [2.24, 2.45) is 11.7 Å². The molecule has 35 heavy (non-hydrogen) atoms. The van der Waals surface area contributed by atoms with Crippen LogP contribution in [-0.2, 0) is 4.79 Å². The van der Waals surface area contributed by atoms with E-state index in [2.05, 4.69) is 17.3 Å². The molecule has 1 aliphatic rings. The maximum Gasteiger partial charge on any atom is 0.220 e. The molecule has 0 saturated carbocycles. The van der Waals surface area contributed by atoms with E-state index < -0.39 is 0 Å². The van der Waals surface area contributed by atoms with Crippen LogP contribution >= 0.6 is 0 Å². The number of carbonyl (C=O) groups excluding carboxylic acids is 1. The zero-order chi connectivity index (χ0) is 25.1. The normalized spacial score (nSPS) is 23.8. The lowest BCUT2D eigenvalue weighted by Gasteiger charge is -2.13. The van der Waals surface area contributed by atoms with Crippen LogP contribution in [0.5, 0.6) is 0 Å². The second-order valence-corrected chi connectivity index (χ2v) is 11.1. The highest BCUT2D eigenvalue weighted by molar-refractivity contribution is 5.76. The van der Waals surface area contributed by atoms with Gasteiger partial charge in [0.25, 0.3) is 0 Å². The van der Waals surface area contributed by atoms with E-state index in [0.29, 0.717) is 0 Å². The van der Waals surface area contributed by atoms with Gasteiger partial charge in [-0.25, -0.2) is 0 Å². The topological polar surface area (TPSA) is 55.1 Å². The maximum atomic E-state index is 11.8. The summed E-state index contributed by atoms with van der Waals surface area (Å²) in [5, 5.41) is 3.28. The predicted octanol–water partition coefficient (Wildman–Crippen LogP) is 9.18. The molecule has 0 saturated heterocycles. The molecular formula is C32H60N2O. The van der Waals surface area contributed by atoms with E-state index in [1.807, 2.05) is 0 Å². The van der Waals surface area contributed by atoms with Crippen LogP contribution in [-0.4, -0.2) is 12.5 Å². The highest BCUT2D eigenvalue weighted by atomic mass is 16.1. The average molecular weight is 489 g/mol. The molecule has 0 aromatic carbocycles. The van der Waals surface area contributed by atoms with Crippen LogP contribution in [0.15, 0.2) is 0 Å². The Hall–Kier alpha value is -1.17. The Morgan fingerprint density at radius 2 is 0.857 bits per heavy atom. The minimum Gasteiger partial charge on any atom is -0.369 e. The second kappa shape index (κ2) is 25.9. The van der Waals surface area contributed by atoms with Crippen molar-refractivity contribution in [1.29, 1.82) is 0 Å². The third kappa shape index (κ3) is 23.0. The van der Waals surface area contributed by atoms with Crippen LogP contribution in [0.1, 0.15) is 173 Å². The van der Waals surface area contributed by atoms with Crippen LogP contribution in [0.4, 0.5) is 0 Å². The van der Waals surface area contributed by atoms with Gasteiger partial charge in [-0.1, -0.05) is 147 Å². The molecule has 1 unspecified atom stereocenters. The molecule has 0 fully saturated rings. The zero-order valence-corrected chi connectivity index (χ0v) is 23.4. The van der Waals surface area contributed by atoms with Crippen molar-refractivity contribution in [1.82, 2.24) is 5.32 Å². The van der Waals surface area contributed by atoms with Crippen molar-refractivity contribution in [3.8, 4) is 12.0 Å². The van der Waals surface area contributed by atoms with Crippen molar-refractivity contribution >= 4 is 5.91 Å². The quantitative estimate of drug-likeness (QED) is 0.361. The molecule has 0 aromatic heterocycles. The first-order valence-electron chi connectivity index (χ1n) is 15.8. The largest absolute Gasteiger partial charge is 0.369 e. The summed E-state index contributed by atoms with van der Waals surface area (Å²) in [7, 11) is 0.